The molecule has 2 aromatic rings. The topological polar surface area (TPSA) is 58.0 Å². The van der Waals surface area contributed by atoms with Crippen molar-refractivity contribution in [2.24, 2.45) is 0 Å². The van der Waals surface area contributed by atoms with Gasteiger partial charge in [-0.15, -0.1) is 0 Å². The monoisotopic (exact) mass is 269 g/mol. The largest absolute Gasteiger partial charge is 0.387 e. The predicted molar refractivity (Wildman–Crippen MR) is 69.5 cm³/mol. The summed E-state index contributed by atoms with van der Waals surface area (Å²) in [4.78, 5) is 7.95. The fourth-order valence-electron chi connectivity index (χ4n) is 1.38. The Labute approximate surface area is 108 Å². The zero-order valence-corrected chi connectivity index (χ0v) is 10.8. The van der Waals surface area contributed by atoms with Crippen LogP contribution in [0, 0.1) is 6.92 Å². The molecule has 1 atom stereocenters. The van der Waals surface area contributed by atoms with Gasteiger partial charge >= 0.3 is 0 Å². The van der Waals surface area contributed by atoms with Crippen molar-refractivity contribution in [1.82, 2.24) is 9.97 Å². The number of hydrogen-bond donors (Lipinski definition) is 2. The van der Waals surface area contributed by atoms with Gasteiger partial charge in [0.15, 0.2) is 0 Å². The summed E-state index contributed by atoms with van der Waals surface area (Å²) in [6, 6.07) is 1.90. The highest BCUT2D eigenvalue weighted by molar-refractivity contribution is 7.07. The fourth-order valence-corrected chi connectivity index (χ4v) is 2.22. The van der Waals surface area contributed by atoms with Gasteiger partial charge in [-0.1, -0.05) is 11.6 Å². The summed E-state index contributed by atoms with van der Waals surface area (Å²) < 4.78 is 0. The number of nitrogens with one attached hydrogen (secondary N) is 1. The van der Waals surface area contributed by atoms with E-state index in [1.54, 1.807) is 11.3 Å². The van der Waals surface area contributed by atoms with E-state index in [9.17, 15) is 5.11 Å². The summed E-state index contributed by atoms with van der Waals surface area (Å²) in [6.45, 7) is 2.23. The maximum Gasteiger partial charge on any atom is 0.137 e. The van der Waals surface area contributed by atoms with Crippen molar-refractivity contribution in [2.45, 2.75) is 13.0 Å². The summed E-state index contributed by atoms with van der Waals surface area (Å²) in [5.41, 5.74) is 1.69. The molecule has 2 N–H and O–H groups in total. The summed E-state index contributed by atoms with van der Waals surface area (Å²) >= 11 is 7.44. The molecule has 17 heavy (non-hydrogen) atoms. The minimum Gasteiger partial charge on any atom is -0.387 e. The van der Waals surface area contributed by atoms with E-state index in [1.165, 1.54) is 6.33 Å². The van der Waals surface area contributed by atoms with Crippen LogP contribution in [0.2, 0.25) is 5.15 Å². The normalized spacial score (nSPS) is 12.4. The molecule has 0 aliphatic carbocycles. The Morgan fingerprint density at radius 3 is 3.06 bits per heavy atom. The van der Waals surface area contributed by atoms with Crippen LogP contribution in [0.3, 0.4) is 0 Å². The molecule has 2 heterocycles. The van der Waals surface area contributed by atoms with Gasteiger partial charge < -0.3 is 10.4 Å². The van der Waals surface area contributed by atoms with Gasteiger partial charge in [0, 0.05) is 12.1 Å². The van der Waals surface area contributed by atoms with Gasteiger partial charge in [-0.3, -0.25) is 0 Å². The molecule has 90 valence electrons. The van der Waals surface area contributed by atoms with E-state index in [-0.39, 0.29) is 0 Å². The third-order valence-electron chi connectivity index (χ3n) is 2.41. The van der Waals surface area contributed by atoms with Crippen LogP contribution in [-0.4, -0.2) is 21.6 Å². The molecule has 6 heteroatoms. The fraction of sp³-hybridized carbons (Fsp3) is 0.273. The van der Waals surface area contributed by atoms with Crippen LogP contribution in [0.1, 0.15) is 17.2 Å². The van der Waals surface area contributed by atoms with E-state index in [0.29, 0.717) is 17.5 Å². The average Bonchev–Trinajstić information content (AvgIpc) is 2.84. The molecule has 4 nitrogen and oxygen atoms in total. The number of hydrogen-bond acceptors (Lipinski definition) is 5. The molecule has 1 unspecified atom stereocenters. The molecule has 0 bridgehead atoms. The predicted octanol–water partition coefficient (Wildman–Crippen LogP) is 2.65. The van der Waals surface area contributed by atoms with Crippen molar-refractivity contribution in [3.8, 4) is 0 Å². The van der Waals surface area contributed by atoms with Gasteiger partial charge in [-0.05, 0) is 29.3 Å². The Balaban J connectivity index is 2.00. The quantitative estimate of drug-likeness (QED) is 0.838. The summed E-state index contributed by atoms with van der Waals surface area (Å²) in [5, 5.41) is 17.2. The molecule has 0 aromatic carbocycles. The number of nitrogens with zero attached hydrogens (tertiary/aromatic N) is 2. The first-order valence-electron chi connectivity index (χ1n) is 5.09. The molecule has 0 saturated heterocycles. The van der Waals surface area contributed by atoms with Crippen LogP contribution in [0.15, 0.2) is 23.2 Å². The lowest BCUT2D eigenvalue weighted by atomic mass is 10.2. The summed E-state index contributed by atoms with van der Waals surface area (Å²) in [6.07, 6.45) is 0.851. The van der Waals surface area contributed by atoms with E-state index in [0.717, 1.165) is 11.1 Å². The van der Waals surface area contributed by atoms with E-state index < -0.39 is 6.10 Å². The average molecular weight is 270 g/mol. The van der Waals surface area contributed by atoms with Crippen LogP contribution in [0.4, 0.5) is 5.82 Å². The molecular formula is C11H12ClN3OS. The second-order valence-electron chi connectivity index (χ2n) is 3.59. The third-order valence-corrected chi connectivity index (χ3v) is 3.50. The Morgan fingerprint density at radius 2 is 2.35 bits per heavy atom. The van der Waals surface area contributed by atoms with Crippen molar-refractivity contribution in [1.29, 1.82) is 0 Å². The molecule has 0 aliphatic rings. The Kier molecular flexibility index (Phi) is 3.93. The van der Waals surface area contributed by atoms with Crippen molar-refractivity contribution < 1.29 is 5.11 Å². The minimum atomic E-state index is -0.547. The molecule has 0 amide bonds. The zero-order chi connectivity index (χ0) is 12.3. The van der Waals surface area contributed by atoms with Gasteiger partial charge in [0.05, 0.1) is 6.10 Å². The number of anilines is 1. The lowest BCUT2D eigenvalue weighted by molar-refractivity contribution is 0.192. The first kappa shape index (κ1) is 12.3. The van der Waals surface area contributed by atoms with E-state index in [1.807, 2.05) is 23.8 Å². The van der Waals surface area contributed by atoms with Crippen molar-refractivity contribution in [2.75, 3.05) is 11.9 Å². The molecular weight excluding hydrogens is 258 g/mol. The zero-order valence-electron chi connectivity index (χ0n) is 9.22. The smallest absolute Gasteiger partial charge is 0.137 e. The second-order valence-corrected chi connectivity index (χ2v) is 4.73. The highest BCUT2D eigenvalue weighted by Crippen LogP contribution is 2.20. The number of aromatic nitrogens is 2. The lowest BCUT2D eigenvalue weighted by Gasteiger charge is -2.12. The molecule has 2 aromatic heterocycles. The molecule has 0 fully saturated rings. The lowest BCUT2D eigenvalue weighted by Crippen LogP contribution is -2.13. The van der Waals surface area contributed by atoms with Gasteiger partial charge in [0.25, 0.3) is 0 Å². The van der Waals surface area contributed by atoms with Gasteiger partial charge in [-0.25, -0.2) is 9.97 Å². The number of halogens is 1. The van der Waals surface area contributed by atoms with Crippen LogP contribution in [0.25, 0.3) is 0 Å². The Morgan fingerprint density at radius 1 is 1.53 bits per heavy atom. The van der Waals surface area contributed by atoms with Crippen LogP contribution in [-0.2, 0) is 0 Å². The van der Waals surface area contributed by atoms with Crippen LogP contribution in [0.5, 0.6) is 0 Å². The van der Waals surface area contributed by atoms with Gasteiger partial charge in [0.1, 0.15) is 17.3 Å². The highest BCUT2D eigenvalue weighted by Gasteiger charge is 2.10. The summed E-state index contributed by atoms with van der Waals surface area (Å²) in [5.74, 6) is 0.652. The molecule has 0 spiro atoms. The number of aliphatic hydroxyl groups is 1. The number of rotatable bonds is 4. The standard InChI is InChI=1S/C11H12ClN3OS/c1-7-10(12)14-6-15-11(7)13-4-9(16)8-2-3-17-5-8/h2-3,5-6,9,16H,4H2,1H3,(H,13,14,15). The van der Waals surface area contributed by atoms with Crippen molar-refractivity contribution in [3.05, 3.63) is 39.4 Å². The van der Waals surface area contributed by atoms with Crippen LogP contribution < -0.4 is 5.32 Å². The van der Waals surface area contributed by atoms with Crippen molar-refractivity contribution in [3.63, 3.8) is 0 Å². The summed E-state index contributed by atoms with van der Waals surface area (Å²) in [7, 11) is 0. The highest BCUT2D eigenvalue weighted by atomic mass is 35.5. The SMILES string of the molecule is Cc1c(Cl)ncnc1NCC(O)c1ccsc1. The molecule has 2 rings (SSSR count). The van der Waals surface area contributed by atoms with Crippen molar-refractivity contribution >= 4 is 28.8 Å². The Bertz CT molecular complexity index is 489. The van der Waals surface area contributed by atoms with E-state index >= 15 is 0 Å². The van der Waals surface area contributed by atoms with E-state index in [2.05, 4.69) is 15.3 Å². The maximum absolute atomic E-state index is 9.90. The first-order chi connectivity index (χ1) is 8.18. The van der Waals surface area contributed by atoms with E-state index in [4.69, 9.17) is 11.6 Å². The number of aliphatic hydroxyl groups excluding tert-OH is 1. The second kappa shape index (κ2) is 5.44. The maximum atomic E-state index is 9.90. The van der Waals surface area contributed by atoms with Gasteiger partial charge in [-0.2, -0.15) is 11.3 Å². The minimum absolute atomic E-state index is 0.394. The van der Waals surface area contributed by atoms with Crippen LogP contribution >= 0.6 is 22.9 Å². The third kappa shape index (κ3) is 2.94. The molecule has 0 radical (unpaired) electrons. The molecule has 0 aliphatic heterocycles. The molecule has 0 saturated carbocycles. The Hall–Kier alpha value is -1.17. The van der Waals surface area contributed by atoms with Gasteiger partial charge in [0.2, 0.25) is 0 Å². The number of thiophene rings is 1. The first-order valence-corrected chi connectivity index (χ1v) is 6.41.